The number of hydrogen-bond acceptors (Lipinski definition) is 3. The van der Waals surface area contributed by atoms with E-state index in [-0.39, 0.29) is 0 Å². The maximum atomic E-state index is 10.5. The molecule has 1 amide bonds. The maximum Gasteiger partial charge on any atom is 0.327 e. The van der Waals surface area contributed by atoms with Crippen LogP contribution in [0.3, 0.4) is 0 Å². The van der Waals surface area contributed by atoms with Gasteiger partial charge in [-0.05, 0) is 6.92 Å². The molecule has 13 heavy (non-hydrogen) atoms. The summed E-state index contributed by atoms with van der Waals surface area (Å²) >= 11 is 1.44. The summed E-state index contributed by atoms with van der Waals surface area (Å²) in [6.45, 7) is 5.56. The highest BCUT2D eigenvalue weighted by molar-refractivity contribution is 7.99. The van der Waals surface area contributed by atoms with Gasteiger partial charge < -0.3 is 10.4 Å². The van der Waals surface area contributed by atoms with Crippen LogP contribution in [-0.2, 0) is 9.59 Å². The van der Waals surface area contributed by atoms with E-state index in [2.05, 4.69) is 11.9 Å². The van der Waals surface area contributed by atoms with E-state index < -0.39 is 12.0 Å². The van der Waals surface area contributed by atoms with Crippen LogP contribution in [0.15, 0.2) is 12.2 Å². The topological polar surface area (TPSA) is 66.4 Å². The zero-order chi connectivity index (χ0) is 10.3. The molecule has 5 heteroatoms. The standard InChI is InChI=1S/C8H13NO3S/c1-6(2)3-13-4-7(8(11)12)9-5-10/h5,7H,1,3-4H2,2H3,(H,9,10)(H,11,12). The number of carboxylic acid groups (broad SMARTS) is 1. The number of carboxylic acids is 1. The van der Waals surface area contributed by atoms with Gasteiger partial charge in [0.25, 0.3) is 0 Å². The number of thioether (sulfide) groups is 1. The minimum atomic E-state index is -1.01. The molecule has 74 valence electrons. The predicted molar refractivity (Wildman–Crippen MR) is 52.8 cm³/mol. The molecule has 2 N–H and O–H groups in total. The minimum absolute atomic E-state index is 0.362. The summed E-state index contributed by atoms with van der Waals surface area (Å²) in [5.41, 5.74) is 0.986. The number of amides is 1. The molecule has 0 aromatic rings. The van der Waals surface area contributed by atoms with Gasteiger partial charge >= 0.3 is 5.97 Å². The number of hydrogen-bond donors (Lipinski definition) is 2. The van der Waals surface area contributed by atoms with Gasteiger partial charge in [0.2, 0.25) is 6.41 Å². The van der Waals surface area contributed by atoms with Gasteiger partial charge in [0, 0.05) is 11.5 Å². The van der Waals surface area contributed by atoms with Crippen molar-refractivity contribution in [3.05, 3.63) is 12.2 Å². The van der Waals surface area contributed by atoms with E-state index in [4.69, 9.17) is 5.11 Å². The lowest BCUT2D eigenvalue weighted by molar-refractivity contribution is -0.139. The molecule has 0 saturated heterocycles. The lowest BCUT2D eigenvalue weighted by Gasteiger charge is -2.09. The van der Waals surface area contributed by atoms with Crippen LogP contribution in [0.25, 0.3) is 0 Å². The summed E-state index contributed by atoms with van der Waals surface area (Å²) in [7, 11) is 0. The first-order valence-corrected chi connectivity index (χ1v) is 4.88. The molecule has 0 fully saturated rings. The van der Waals surface area contributed by atoms with E-state index in [0.29, 0.717) is 17.9 Å². The van der Waals surface area contributed by atoms with E-state index >= 15 is 0 Å². The summed E-state index contributed by atoms with van der Waals surface area (Å²) in [5, 5.41) is 10.8. The zero-order valence-corrected chi connectivity index (χ0v) is 8.26. The van der Waals surface area contributed by atoms with Crippen molar-refractivity contribution in [3.8, 4) is 0 Å². The van der Waals surface area contributed by atoms with Gasteiger partial charge in [-0.15, -0.1) is 0 Å². The Labute approximate surface area is 81.4 Å². The average molecular weight is 203 g/mol. The van der Waals surface area contributed by atoms with E-state index in [1.165, 1.54) is 11.8 Å². The van der Waals surface area contributed by atoms with Crippen molar-refractivity contribution in [1.82, 2.24) is 5.32 Å². The fourth-order valence-electron chi connectivity index (χ4n) is 0.624. The van der Waals surface area contributed by atoms with Crippen molar-refractivity contribution in [2.45, 2.75) is 13.0 Å². The van der Waals surface area contributed by atoms with E-state index in [0.717, 1.165) is 5.57 Å². The molecule has 0 spiro atoms. The third-order valence-electron chi connectivity index (χ3n) is 1.20. The highest BCUT2D eigenvalue weighted by Gasteiger charge is 2.15. The Kier molecular flexibility index (Phi) is 6.05. The Bertz CT molecular complexity index is 206. The summed E-state index contributed by atoms with van der Waals surface area (Å²) in [6.07, 6.45) is 0.403. The van der Waals surface area contributed by atoms with Gasteiger partial charge in [0.05, 0.1) is 0 Å². The van der Waals surface area contributed by atoms with E-state index in [1.54, 1.807) is 0 Å². The molecule has 0 rings (SSSR count). The molecule has 0 saturated carbocycles. The summed E-state index contributed by atoms with van der Waals surface area (Å²) < 4.78 is 0. The Balaban J connectivity index is 3.75. The number of carbonyl (C=O) groups excluding carboxylic acids is 1. The first-order chi connectivity index (χ1) is 6.07. The summed E-state index contributed by atoms with van der Waals surface area (Å²) in [5.74, 6) is 0.0620. The molecular formula is C8H13NO3S. The number of nitrogens with one attached hydrogen (secondary N) is 1. The molecule has 0 aromatic carbocycles. The zero-order valence-electron chi connectivity index (χ0n) is 7.45. The predicted octanol–water partition coefficient (Wildman–Crippen LogP) is 0.495. The van der Waals surface area contributed by atoms with Crippen LogP contribution in [0.1, 0.15) is 6.92 Å². The van der Waals surface area contributed by atoms with E-state index in [9.17, 15) is 9.59 Å². The molecule has 1 unspecified atom stereocenters. The van der Waals surface area contributed by atoms with Crippen LogP contribution in [0, 0.1) is 0 Å². The Morgan fingerprint density at radius 2 is 2.38 bits per heavy atom. The average Bonchev–Trinajstić information content (AvgIpc) is 2.02. The van der Waals surface area contributed by atoms with Crippen LogP contribution < -0.4 is 5.32 Å². The summed E-state index contributed by atoms with van der Waals surface area (Å²) in [6, 6.07) is -0.804. The van der Waals surface area contributed by atoms with Crippen LogP contribution in [0.4, 0.5) is 0 Å². The molecule has 4 nitrogen and oxygen atoms in total. The van der Waals surface area contributed by atoms with Crippen molar-refractivity contribution >= 4 is 24.1 Å². The normalized spacial score (nSPS) is 11.8. The highest BCUT2D eigenvalue weighted by atomic mass is 32.2. The first kappa shape index (κ1) is 12.0. The molecule has 0 aliphatic rings. The molecule has 0 aliphatic heterocycles. The molecule has 1 atom stereocenters. The molecule has 0 aliphatic carbocycles. The molecule has 0 aromatic heterocycles. The largest absolute Gasteiger partial charge is 0.480 e. The Morgan fingerprint density at radius 3 is 2.77 bits per heavy atom. The molecule has 0 bridgehead atoms. The van der Waals surface area contributed by atoms with Crippen LogP contribution in [0.5, 0.6) is 0 Å². The minimum Gasteiger partial charge on any atom is -0.480 e. The summed E-state index contributed by atoms with van der Waals surface area (Å²) in [4.78, 5) is 20.5. The van der Waals surface area contributed by atoms with Crippen molar-refractivity contribution in [2.75, 3.05) is 11.5 Å². The van der Waals surface area contributed by atoms with Crippen LogP contribution in [-0.4, -0.2) is 35.0 Å². The van der Waals surface area contributed by atoms with Gasteiger partial charge in [-0.25, -0.2) is 4.79 Å². The van der Waals surface area contributed by atoms with Gasteiger partial charge in [-0.1, -0.05) is 12.2 Å². The van der Waals surface area contributed by atoms with E-state index in [1.807, 2.05) is 6.92 Å². The SMILES string of the molecule is C=C(C)CSCC(NC=O)C(=O)O. The smallest absolute Gasteiger partial charge is 0.327 e. The van der Waals surface area contributed by atoms with Gasteiger partial charge in [0.15, 0.2) is 0 Å². The van der Waals surface area contributed by atoms with Crippen molar-refractivity contribution in [3.63, 3.8) is 0 Å². The van der Waals surface area contributed by atoms with Gasteiger partial charge in [-0.3, -0.25) is 4.79 Å². The van der Waals surface area contributed by atoms with Crippen molar-refractivity contribution < 1.29 is 14.7 Å². The maximum absolute atomic E-state index is 10.5. The molecular weight excluding hydrogens is 190 g/mol. The fourth-order valence-corrected chi connectivity index (χ4v) is 1.56. The number of aliphatic carboxylic acids is 1. The molecule has 0 heterocycles. The van der Waals surface area contributed by atoms with Crippen molar-refractivity contribution in [1.29, 1.82) is 0 Å². The van der Waals surface area contributed by atoms with Crippen molar-refractivity contribution in [2.24, 2.45) is 0 Å². The third-order valence-corrected chi connectivity index (χ3v) is 2.47. The number of carbonyl (C=O) groups is 2. The monoisotopic (exact) mass is 203 g/mol. The third kappa shape index (κ3) is 6.21. The lowest BCUT2D eigenvalue weighted by atomic mass is 10.3. The highest BCUT2D eigenvalue weighted by Crippen LogP contribution is 2.07. The Hall–Kier alpha value is -0.970. The number of rotatable bonds is 7. The van der Waals surface area contributed by atoms with Crippen LogP contribution >= 0.6 is 11.8 Å². The lowest BCUT2D eigenvalue weighted by Crippen LogP contribution is -2.37. The van der Waals surface area contributed by atoms with Gasteiger partial charge in [0.1, 0.15) is 6.04 Å². The second-order valence-electron chi connectivity index (χ2n) is 2.65. The first-order valence-electron chi connectivity index (χ1n) is 3.72. The Morgan fingerprint density at radius 1 is 1.77 bits per heavy atom. The second kappa shape index (κ2) is 6.54. The quantitative estimate of drug-likeness (QED) is 0.467. The van der Waals surface area contributed by atoms with Crippen LogP contribution in [0.2, 0.25) is 0 Å². The van der Waals surface area contributed by atoms with Gasteiger partial charge in [-0.2, -0.15) is 11.8 Å². The molecule has 0 radical (unpaired) electrons. The fraction of sp³-hybridized carbons (Fsp3) is 0.500. The second-order valence-corrected chi connectivity index (χ2v) is 3.68.